The van der Waals surface area contributed by atoms with Gasteiger partial charge in [-0.3, -0.25) is 9.89 Å². The highest BCUT2D eigenvalue weighted by molar-refractivity contribution is 7.22. The first-order valence-electron chi connectivity index (χ1n) is 8.65. The topological polar surface area (TPSA) is 83.6 Å². The number of alkyl halides is 2. The number of aromatic amines is 1. The van der Waals surface area contributed by atoms with Gasteiger partial charge in [0.1, 0.15) is 10.3 Å². The molecule has 11 heteroatoms. The van der Waals surface area contributed by atoms with E-state index < -0.39 is 22.8 Å². The lowest BCUT2D eigenvalue weighted by molar-refractivity contribution is -0.117. The summed E-state index contributed by atoms with van der Waals surface area (Å²) in [5.41, 5.74) is 0.0540. The monoisotopic (exact) mass is 437 g/mol. The SMILES string of the molecule is O=C(Nc1nc2ccc(-c3c(Cl)c(F)c(C(F)F)c4[nH]ncc34)nc2s1)C1CC1. The van der Waals surface area contributed by atoms with E-state index in [1.165, 1.54) is 17.5 Å². The number of carbonyl (C=O) groups is 1. The molecule has 3 aromatic heterocycles. The molecule has 5 rings (SSSR count). The lowest BCUT2D eigenvalue weighted by atomic mass is 10.0. The lowest BCUT2D eigenvalue weighted by Gasteiger charge is -2.11. The molecule has 2 N–H and O–H groups in total. The number of anilines is 1. The van der Waals surface area contributed by atoms with E-state index >= 15 is 0 Å². The molecule has 1 saturated carbocycles. The average Bonchev–Trinajstić information content (AvgIpc) is 3.30. The first-order chi connectivity index (χ1) is 13.9. The molecular weight excluding hydrogens is 427 g/mol. The fraction of sp³-hybridized carbons (Fsp3) is 0.222. The Hall–Kier alpha value is -2.72. The maximum Gasteiger partial charge on any atom is 0.268 e. The van der Waals surface area contributed by atoms with Crippen LogP contribution in [0.5, 0.6) is 0 Å². The third kappa shape index (κ3) is 3.03. The molecule has 1 fully saturated rings. The summed E-state index contributed by atoms with van der Waals surface area (Å²) in [6.45, 7) is 0. The molecule has 0 saturated heterocycles. The summed E-state index contributed by atoms with van der Waals surface area (Å²) in [6.07, 6.45) is -0.00214. The van der Waals surface area contributed by atoms with Crippen molar-refractivity contribution in [3.63, 3.8) is 0 Å². The zero-order chi connectivity index (χ0) is 20.3. The highest BCUT2D eigenvalue weighted by Crippen LogP contribution is 2.42. The molecule has 1 amide bonds. The molecule has 1 aromatic carbocycles. The first kappa shape index (κ1) is 18.3. The van der Waals surface area contributed by atoms with Crippen LogP contribution in [0.2, 0.25) is 5.02 Å². The Balaban J connectivity index is 1.63. The number of nitrogens with one attached hydrogen (secondary N) is 2. The van der Waals surface area contributed by atoms with Crippen LogP contribution in [-0.2, 0) is 4.79 Å². The first-order valence-corrected chi connectivity index (χ1v) is 9.84. The minimum Gasteiger partial charge on any atom is -0.302 e. The number of pyridine rings is 1. The summed E-state index contributed by atoms with van der Waals surface area (Å²) in [6, 6.07) is 3.23. The largest absolute Gasteiger partial charge is 0.302 e. The molecule has 0 unspecified atom stereocenters. The van der Waals surface area contributed by atoms with Crippen LogP contribution in [0, 0.1) is 11.7 Å². The molecular formula is C18H11ClF3N5OS. The number of thiazole rings is 1. The van der Waals surface area contributed by atoms with Crippen molar-refractivity contribution >= 4 is 55.2 Å². The number of fused-ring (bicyclic) bond motifs is 2. The zero-order valence-electron chi connectivity index (χ0n) is 14.5. The van der Waals surface area contributed by atoms with Crippen LogP contribution in [0.1, 0.15) is 24.8 Å². The van der Waals surface area contributed by atoms with Gasteiger partial charge in [-0.05, 0) is 25.0 Å². The quantitative estimate of drug-likeness (QED) is 0.453. The molecule has 4 aromatic rings. The fourth-order valence-electron chi connectivity index (χ4n) is 3.16. The number of halogens is 4. The second kappa shape index (κ2) is 6.67. The molecule has 0 spiro atoms. The highest BCUT2D eigenvalue weighted by atomic mass is 35.5. The Morgan fingerprint density at radius 2 is 2.10 bits per heavy atom. The number of benzene rings is 1. The smallest absolute Gasteiger partial charge is 0.268 e. The minimum absolute atomic E-state index is 0.0371. The zero-order valence-corrected chi connectivity index (χ0v) is 16.0. The summed E-state index contributed by atoms with van der Waals surface area (Å²) in [5, 5.41) is 9.15. The summed E-state index contributed by atoms with van der Waals surface area (Å²) in [4.78, 5) is 21.2. The molecule has 3 heterocycles. The third-order valence-corrected chi connectivity index (χ3v) is 5.97. The van der Waals surface area contributed by atoms with Crippen LogP contribution in [0.3, 0.4) is 0 Å². The summed E-state index contributed by atoms with van der Waals surface area (Å²) in [7, 11) is 0. The van der Waals surface area contributed by atoms with Crippen molar-refractivity contribution in [2.75, 3.05) is 5.32 Å². The van der Waals surface area contributed by atoms with Crippen molar-refractivity contribution in [1.82, 2.24) is 20.2 Å². The third-order valence-electron chi connectivity index (χ3n) is 4.73. The molecule has 0 aliphatic heterocycles. The van der Waals surface area contributed by atoms with Crippen molar-refractivity contribution in [3.8, 4) is 11.3 Å². The molecule has 0 radical (unpaired) electrons. The summed E-state index contributed by atoms with van der Waals surface area (Å²) >= 11 is 7.29. The highest BCUT2D eigenvalue weighted by Gasteiger charge is 2.30. The van der Waals surface area contributed by atoms with Crippen molar-refractivity contribution in [3.05, 3.63) is 34.7 Å². The van der Waals surface area contributed by atoms with Gasteiger partial charge < -0.3 is 5.32 Å². The number of carbonyl (C=O) groups excluding carboxylic acids is 1. The van der Waals surface area contributed by atoms with E-state index in [-0.39, 0.29) is 34.0 Å². The maximum atomic E-state index is 14.6. The molecule has 1 aliphatic rings. The predicted molar refractivity (Wildman–Crippen MR) is 104 cm³/mol. The van der Waals surface area contributed by atoms with E-state index in [1.807, 2.05) is 0 Å². The number of nitrogens with zero attached hydrogens (tertiary/aromatic N) is 3. The van der Waals surface area contributed by atoms with E-state index in [0.29, 0.717) is 15.5 Å². The fourth-order valence-corrected chi connectivity index (χ4v) is 4.30. The number of H-pyrrole nitrogens is 1. The molecule has 29 heavy (non-hydrogen) atoms. The predicted octanol–water partition coefficient (Wildman–Crippen LogP) is 5.31. The van der Waals surface area contributed by atoms with Crippen molar-refractivity contribution < 1.29 is 18.0 Å². The van der Waals surface area contributed by atoms with Gasteiger partial charge in [0.15, 0.2) is 10.9 Å². The standard InChI is InChI=1S/C18H11ClF3N5OS/c19-12-10(7-5-23-27-14(7)11(13(12)20)15(21)22)8-3-4-9-17(24-8)29-18(25-9)26-16(28)6-1-2-6/h3-6,15H,1-2H2,(H,23,27)(H,25,26,28). The van der Waals surface area contributed by atoms with Gasteiger partial charge in [0, 0.05) is 16.9 Å². The molecule has 1 aliphatic carbocycles. The van der Waals surface area contributed by atoms with Crippen LogP contribution in [0.4, 0.5) is 18.3 Å². The second-order valence-electron chi connectivity index (χ2n) is 6.68. The van der Waals surface area contributed by atoms with E-state index in [4.69, 9.17) is 11.6 Å². The number of hydrogen-bond acceptors (Lipinski definition) is 5. The Kier molecular flexibility index (Phi) is 4.21. The van der Waals surface area contributed by atoms with Crippen LogP contribution in [0.25, 0.3) is 32.5 Å². The summed E-state index contributed by atoms with van der Waals surface area (Å²) < 4.78 is 41.2. The van der Waals surface area contributed by atoms with Crippen molar-refractivity contribution in [2.24, 2.45) is 5.92 Å². The number of aromatic nitrogens is 4. The Labute approximate surface area is 170 Å². The normalized spacial score (nSPS) is 14.2. The van der Waals surface area contributed by atoms with Crippen LogP contribution >= 0.6 is 22.9 Å². The Morgan fingerprint density at radius 1 is 1.31 bits per heavy atom. The van der Waals surface area contributed by atoms with E-state index in [1.54, 1.807) is 12.1 Å². The van der Waals surface area contributed by atoms with Crippen LogP contribution in [-0.4, -0.2) is 26.1 Å². The van der Waals surface area contributed by atoms with E-state index in [9.17, 15) is 18.0 Å². The summed E-state index contributed by atoms with van der Waals surface area (Å²) in [5.74, 6) is -1.25. The Bertz CT molecular complexity index is 1280. The number of hydrogen-bond donors (Lipinski definition) is 2. The van der Waals surface area contributed by atoms with Gasteiger partial charge in [-0.25, -0.2) is 23.1 Å². The Morgan fingerprint density at radius 3 is 2.83 bits per heavy atom. The molecule has 0 atom stereocenters. The van der Waals surface area contributed by atoms with Crippen LogP contribution in [0.15, 0.2) is 18.3 Å². The lowest BCUT2D eigenvalue weighted by Crippen LogP contribution is -2.12. The average molecular weight is 438 g/mol. The van der Waals surface area contributed by atoms with Gasteiger partial charge in [0.05, 0.1) is 28.0 Å². The van der Waals surface area contributed by atoms with Crippen molar-refractivity contribution in [1.29, 1.82) is 0 Å². The minimum atomic E-state index is -3.06. The van der Waals surface area contributed by atoms with Gasteiger partial charge in [-0.2, -0.15) is 5.10 Å². The molecule has 148 valence electrons. The van der Waals surface area contributed by atoms with Crippen molar-refractivity contribution in [2.45, 2.75) is 19.3 Å². The van der Waals surface area contributed by atoms with Gasteiger partial charge in [0.2, 0.25) is 5.91 Å². The van der Waals surface area contributed by atoms with Crippen LogP contribution < -0.4 is 5.32 Å². The van der Waals surface area contributed by atoms with E-state index in [0.717, 1.165) is 12.8 Å². The van der Waals surface area contributed by atoms with Gasteiger partial charge >= 0.3 is 0 Å². The van der Waals surface area contributed by atoms with Gasteiger partial charge in [0.25, 0.3) is 6.43 Å². The van der Waals surface area contributed by atoms with E-state index in [2.05, 4.69) is 25.5 Å². The molecule has 0 bridgehead atoms. The number of rotatable bonds is 4. The van der Waals surface area contributed by atoms with Gasteiger partial charge in [-0.15, -0.1) is 0 Å². The number of amides is 1. The maximum absolute atomic E-state index is 14.6. The molecule has 6 nitrogen and oxygen atoms in total. The van der Waals surface area contributed by atoms with Gasteiger partial charge in [-0.1, -0.05) is 22.9 Å². The second-order valence-corrected chi connectivity index (χ2v) is 8.03.